The van der Waals surface area contributed by atoms with Crippen LogP contribution < -0.4 is 0 Å². The number of carboxylic acids is 1. The largest absolute Gasteiger partial charge is 0.740 e. The molecule has 0 aromatic heterocycles. The van der Waals surface area contributed by atoms with Gasteiger partial charge in [0.15, 0.2) is 0 Å². The molecular weight excluding hydrogens is 254 g/mol. The van der Waals surface area contributed by atoms with Crippen LogP contribution in [0.25, 0.3) is 0 Å². The lowest BCUT2D eigenvalue weighted by atomic mass is 9.97. The van der Waals surface area contributed by atoms with Gasteiger partial charge in [-0.15, -0.1) is 0 Å². The van der Waals surface area contributed by atoms with E-state index < -0.39 is 17.7 Å². The van der Waals surface area contributed by atoms with E-state index in [1.807, 2.05) is 20.8 Å². The Labute approximate surface area is 111 Å². The summed E-state index contributed by atoms with van der Waals surface area (Å²) in [7, 11) is 0. The monoisotopic (exact) mass is 274 g/mol. The zero-order valence-electron chi connectivity index (χ0n) is 11.4. The maximum Gasteiger partial charge on any atom is 0.351 e. The number of hydrogen-bond donors (Lipinski definition) is 2. The first-order valence-electron chi connectivity index (χ1n) is 6.10. The van der Waals surface area contributed by atoms with Crippen LogP contribution in [-0.4, -0.2) is 39.6 Å². The average molecular weight is 274 g/mol. The molecule has 0 radical (unpaired) electrons. The molecule has 0 aliphatic heterocycles. The van der Waals surface area contributed by atoms with Gasteiger partial charge < -0.3 is 25.4 Å². The molecule has 8 nitrogen and oxygen atoms in total. The van der Waals surface area contributed by atoms with Gasteiger partial charge in [0.1, 0.15) is 0 Å². The fourth-order valence-corrected chi connectivity index (χ4v) is 1.88. The molecule has 8 heteroatoms. The maximum absolute atomic E-state index is 11.4. The van der Waals surface area contributed by atoms with Crippen molar-refractivity contribution in [3.05, 3.63) is 5.21 Å². The van der Waals surface area contributed by atoms with E-state index in [1.165, 1.54) is 0 Å². The predicted octanol–water partition coefficient (Wildman–Crippen LogP) is 1.50. The lowest BCUT2D eigenvalue weighted by Crippen LogP contribution is -2.38. The number of rotatable bonds is 5. The van der Waals surface area contributed by atoms with Gasteiger partial charge in [-0.25, -0.2) is 4.79 Å². The van der Waals surface area contributed by atoms with E-state index >= 15 is 0 Å². The van der Waals surface area contributed by atoms with Crippen molar-refractivity contribution in [2.45, 2.75) is 51.7 Å². The van der Waals surface area contributed by atoms with Crippen molar-refractivity contribution in [2.24, 2.45) is 15.9 Å². The molecular formula is C11H20N3O5-. The standard InChI is InChI=1S/C11H20N3O5/c1-10(2,3)7-14(18)12-13-19-11(9(16)17)5-4-8(15)6-11/h8,15H,4-7H2,1-3H3,(H,16,17)/q-1/b13-12+. The van der Waals surface area contributed by atoms with E-state index in [0.717, 1.165) is 0 Å². The second kappa shape index (κ2) is 5.70. The second-order valence-corrected chi connectivity index (χ2v) is 6.03. The normalized spacial score (nSPS) is 27.7. The predicted molar refractivity (Wildman–Crippen MR) is 65.7 cm³/mol. The van der Waals surface area contributed by atoms with Crippen LogP contribution in [0.3, 0.4) is 0 Å². The second-order valence-electron chi connectivity index (χ2n) is 6.03. The molecule has 110 valence electrons. The molecule has 2 unspecified atom stereocenters. The first kappa shape index (κ1) is 15.6. The summed E-state index contributed by atoms with van der Waals surface area (Å²) in [6.45, 7) is 5.70. The Hall–Kier alpha value is -1.41. The third kappa shape index (κ3) is 4.64. The van der Waals surface area contributed by atoms with Gasteiger partial charge in [-0.05, 0) is 17.1 Å². The summed E-state index contributed by atoms with van der Waals surface area (Å²) in [5, 5.41) is 36.7. The Morgan fingerprint density at radius 2 is 2.21 bits per heavy atom. The number of hydroxylamine groups is 1. The Morgan fingerprint density at radius 3 is 2.63 bits per heavy atom. The van der Waals surface area contributed by atoms with Crippen molar-refractivity contribution < 1.29 is 19.8 Å². The van der Waals surface area contributed by atoms with Crippen LogP contribution in [-0.2, 0) is 9.63 Å². The summed E-state index contributed by atoms with van der Waals surface area (Å²) in [5.74, 6) is -1.21. The Balaban J connectivity index is 2.56. The lowest BCUT2D eigenvalue weighted by Gasteiger charge is -2.30. The molecule has 0 heterocycles. The first-order chi connectivity index (χ1) is 8.65. The van der Waals surface area contributed by atoms with Crippen molar-refractivity contribution in [2.75, 3.05) is 6.54 Å². The molecule has 0 aromatic carbocycles. The zero-order chi connectivity index (χ0) is 14.7. The van der Waals surface area contributed by atoms with Crippen LogP contribution in [0.15, 0.2) is 10.5 Å². The fraction of sp³-hybridized carbons (Fsp3) is 0.909. The number of carbonyl (C=O) groups is 1. The van der Waals surface area contributed by atoms with Crippen LogP contribution in [0.5, 0.6) is 0 Å². The molecule has 1 fully saturated rings. The molecule has 0 spiro atoms. The molecule has 0 amide bonds. The highest BCUT2D eigenvalue weighted by atomic mass is 16.7. The van der Waals surface area contributed by atoms with E-state index in [2.05, 4.69) is 10.5 Å². The topological polar surface area (TPSA) is 118 Å². The van der Waals surface area contributed by atoms with Gasteiger partial charge in [0.2, 0.25) is 5.60 Å². The number of hydrogen-bond acceptors (Lipinski definition) is 6. The SMILES string of the molecule is CC(C)(C)CN([O-])/N=N/OC1(C(=O)O)CCC(O)C1. The van der Waals surface area contributed by atoms with Crippen LogP contribution in [0, 0.1) is 10.6 Å². The number of aliphatic hydroxyl groups is 1. The summed E-state index contributed by atoms with van der Waals surface area (Å²) in [6.07, 6.45) is -0.324. The van der Waals surface area contributed by atoms with Crippen LogP contribution in [0.4, 0.5) is 0 Å². The van der Waals surface area contributed by atoms with Gasteiger partial charge in [0, 0.05) is 24.7 Å². The fourth-order valence-electron chi connectivity index (χ4n) is 1.88. The van der Waals surface area contributed by atoms with E-state index in [1.54, 1.807) is 0 Å². The molecule has 0 saturated heterocycles. The molecule has 1 rings (SSSR count). The van der Waals surface area contributed by atoms with Gasteiger partial charge in [0.05, 0.1) is 6.10 Å². The lowest BCUT2D eigenvalue weighted by molar-refractivity contribution is -0.168. The number of aliphatic hydroxyl groups excluding tert-OH is 1. The minimum atomic E-state index is -1.58. The van der Waals surface area contributed by atoms with Crippen molar-refractivity contribution >= 4 is 5.97 Å². The average Bonchev–Trinajstić information content (AvgIpc) is 2.58. The molecule has 1 aliphatic carbocycles. The molecule has 2 N–H and O–H groups in total. The third-order valence-electron chi connectivity index (χ3n) is 2.80. The van der Waals surface area contributed by atoms with Gasteiger partial charge in [-0.3, -0.25) is 0 Å². The summed E-state index contributed by atoms with van der Waals surface area (Å²) in [6, 6.07) is 0. The van der Waals surface area contributed by atoms with Crippen molar-refractivity contribution in [3.63, 3.8) is 0 Å². The van der Waals surface area contributed by atoms with E-state index in [4.69, 9.17) is 9.94 Å². The first-order valence-corrected chi connectivity index (χ1v) is 6.10. The molecule has 1 aliphatic rings. The van der Waals surface area contributed by atoms with Crippen LogP contribution in [0.1, 0.15) is 40.0 Å². The highest BCUT2D eigenvalue weighted by Gasteiger charge is 2.48. The highest BCUT2D eigenvalue weighted by Crippen LogP contribution is 2.34. The Morgan fingerprint density at radius 1 is 1.58 bits per heavy atom. The molecule has 19 heavy (non-hydrogen) atoms. The van der Waals surface area contributed by atoms with Gasteiger partial charge in [-0.1, -0.05) is 20.8 Å². The summed E-state index contributed by atoms with van der Waals surface area (Å²) < 4.78 is 0. The molecule has 1 saturated carbocycles. The molecule has 0 aromatic rings. The number of nitrogens with zero attached hydrogens (tertiary/aromatic N) is 3. The van der Waals surface area contributed by atoms with E-state index in [9.17, 15) is 15.1 Å². The highest BCUT2D eigenvalue weighted by molar-refractivity contribution is 5.78. The Kier molecular flexibility index (Phi) is 4.70. The quantitative estimate of drug-likeness (QED) is 0.579. The van der Waals surface area contributed by atoms with E-state index in [0.29, 0.717) is 11.6 Å². The van der Waals surface area contributed by atoms with E-state index in [-0.39, 0.29) is 24.8 Å². The summed E-state index contributed by atoms with van der Waals surface area (Å²) >= 11 is 0. The number of aliphatic carboxylic acids is 1. The minimum Gasteiger partial charge on any atom is -0.740 e. The van der Waals surface area contributed by atoms with Crippen LogP contribution in [0.2, 0.25) is 0 Å². The van der Waals surface area contributed by atoms with Crippen LogP contribution >= 0.6 is 0 Å². The smallest absolute Gasteiger partial charge is 0.351 e. The summed E-state index contributed by atoms with van der Waals surface area (Å²) in [5.41, 5.74) is -1.83. The summed E-state index contributed by atoms with van der Waals surface area (Å²) in [4.78, 5) is 16.0. The minimum absolute atomic E-state index is 0.0561. The third-order valence-corrected chi connectivity index (χ3v) is 2.80. The Bertz CT molecular complexity index is 355. The van der Waals surface area contributed by atoms with Crippen molar-refractivity contribution in [1.82, 2.24) is 5.17 Å². The number of carboxylic acid groups (broad SMARTS) is 1. The van der Waals surface area contributed by atoms with Crippen molar-refractivity contribution in [3.8, 4) is 0 Å². The zero-order valence-corrected chi connectivity index (χ0v) is 11.4. The molecule has 0 bridgehead atoms. The molecule has 2 atom stereocenters. The van der Waals surface area contributed by atoms with Gasteiger partial charge in [0.25, 0.3) is 0 Å². The van der Waals surface area contributed by atoms with Gasteiger partial charge >= 0.3 is 5.97 Å². The maximum atomic E-state index is 11.4. The van der Waals surface area contributed by atoms with Gasteiger partial charge in [-0.2, -0.15) is 0 Å². The van der Waals surface area contributed by atoms with Crippen molar-refractivity contribution in [1.29, 1.82) is 0 Å².